The molecule has 2 fully saturated rings. The van der Waals surface area contributed by atoms with Crippen molar-refractivity contribution in [3.63, 3.8) is 0 Å². The smallest absolute Gasteiger partial charge is 0.409 e. The van der Waals surface area contributed by atoms with E-state index in [1.165, 1.54) is 41.3 Å². The molecule has 2 aliphatic carbocycles. The molecule has 5 heterocycles. The number of ether oxygens (including phenoxy) is 3. The number of nitrogens with zero attached hydrogens (tertiary/aromatic N) is 7. The standard InChI is InChI=1S/C34H33N7O4.C20H24N6O2/c35-33-39-30-29(37-20-38-30)32(40-33)44-18-22-11-9-21(10-12-22)17-36-31(42)23-13-15-41(16-14-23)34(43)45-19-28-26-7-3-1-5-24(26)25-6-2-4-8-27(25)28;21-20-25-17-16(23-12-24-17)19(26-20)28-11-14-8-6-13(7-9-14)10-22-18(27)15-4-2-1-3-5-15/h1-12,20,23,28H,13-19H2,(H,36,42)(H3,35,37,38,39,40);6-9,12,15H,1-5,10-11H2,(H,22,27)(H3,21,23,24,25,26). The summed E-state index contributed by atoms with van der Waals surface area (Å²) in [5, 5.41) is 6.10. The van der Waals surface area contributed by atoms with Crippen LogP contribution >= 0.6 is 0 Å². The Bertz CT molecular complexity index is 3160. The average Bonchev–Trinajstić information content (AvgIpc) is 4.19. The third-order valence-electron chi connectivity index (χ3n) is 13.7. The Morgan fingerprint density at radius 1 is 0.575 bits per heavy atom. The van der Waals surface area contributed by atoms with Gasteiger partial charge >= 0.3 is 6.09 Å². The van der Waals surface area contributed by atoms with Crippen LogP contribution in [0.1, 0.15) is 84.2 Å². The minimum absolute atomic E-state index is 0.000443. The van der Waals surface area contributed by atoms with Gasteiger partial charge in [-0.1, -0.05) is 116 Å². The summed E-state index contributed by atoms with van der Waals surface area (Å²) in [7, 11) is 0. The van der Waals surface area contributed by atoms with Crippen LogP contribution in [0.4, 0.5) is 16.7 Å². The third kappa shape index (κ3) is 11.5. The van der Waals surface area contributed by atoms with Gasteiger partial charge in [-0.05, 0) is 70.2 Å². The van der Waals surface area contributed by atoms with E-state index in [2.05, 4.69) is 74.8 Å². The first-order valence-corrected chi connectivity index (χ1v) is 24.7. The van der Waals surface area contributed by atoms with E-state index in [0.717, 1.165) is 47.9 Å². The first-order chi connectivity index (χ1) is 35.7. The Morgan fingerprint density at radius 3 is 1.52 bits per heavy atom. The van der Waals surface area contributed by atoms with Crippen molar-refractivity contribution in [1.82, 2.24) is 55.4 Å². The first kappa shape index (κ1) is 48.0. The molecule has 11 rings (SSSR count). The second kappa shape index (κ2) is 22.2. The minimum Gasteiger partial charge on any atom is -0.471 e. The maximum Gasteiger partial charge on any atom is 0.409 e. The van der Waals surface area contributed by atoms with Crippen LogP contribution in [0.2, 0.25) is 0 Å². The van der Waals surface area contributed by atoms with Crippen LogP contribution < -0.4 is 31.6 Å². The van der Waals surface area contributed by atoms with Gasteiger partial charge in [-0.15, -0.1) is 0 Å². The van der Waals surface area contributed by atoms with E-state index in [-0.39, 0.29) is 47.6 Å². The highest BCUT2D eigenvalue weighted by Gasteiger charge is 2.32. The number of nitrogens with two attached hydrogens (primary N) is 2. The molecular formula is C54H57N13O6. The number of anilines is 2. The number of imidazole rings is 2. The predicted molar refractivity (Wildman–Crippen MR) is 273 cm³/mol. The van der Waals surface area contributed by atoms with Gasteiger partial charge in [0.15, 0.2) is 11.3 Å². The van der Waals surface area contributed by atoms with Crippen molar-refractivity contribution in [3.05, 3.63) is 143 Å². The number of aromatic nitrogens is 8. The summed E-state index contributed by atoms with van der Waals surface area (Å²) in [5.74, 6) is 1.18. The number of amides is 3. The fourth-order valence-corrected chi connectivity index (χ4v) is 9.71. The Kier molecular flexibility index (Phi) is 14.6. The van der Waals surface area contributed by atoms with Crippen molar-refractivity contribution in [1.29, 1.82) is 0 Å². The number of hydrogen-bond acceptors (Lipinski definition) is 14. The van der Waals surface area contributed by atoms with E-state index in [4.69, 9.17) is 25.7 Å². The number of nitrogens with one attached hydrogen (secondary N) is 4. The van der Waals surface area contributed by atoms with E-state index < -0.39 is 0 Å². The minimum atomic E-state index is -0.322. The van der Waals surface area contributed by atoms with Crippen molar-refractivity contribution in [3.8, 4) is 22.9 Å². The summed E-state index contributed by atoms with van der Waals surface area (Å²) in [4.78, 5) is 70.3. The summed E-state index contributed by atoms with van der Waals surface area (Å²) < 4.78 is 17.5. The summed E-state index contributed by atoms with van der Waals surface area (Å²) in [6.45, 7) is 2.89. The molecule has 1 saturated carbocycles. The number of hydrogen-bond donors (Lipinski definition) is 6. The molecule has 0 unspecified atom stereocenters. The lowest BCUT2D eigenvalue weighted by Gasteiger charge is -2.31. The van der Waals surface area contributed by atoms with Gasteiger partial charge in [0.2, 0.25) is 35.5 Å². The Balaban J connectivity index is 0.000000187. The molecule has 374 valence electrons. The zero-order valence-electron chi connectivity index (χ0n) is 40.3. The summed E-state index contributed by atoms with van der Waals surface area (Å²) >= 11 is 0. The molecule has 3 amide bonds. The molecule has 4 aromatic carbocycles. The molecule has 19 nitrogen and oxygen atoms in total. The quantitative estimate of drug-likeness (QED) is 0.0616. The number of carbonyl (C=O) groups excluding carboxylic acids is 3. The molecule has 1 aliphatic heterocycles. The molecule has 0 spiro atoms. The highest BCUT2D eigenvalue weighted by molar-refractivity contribution is 5.81. The molecule has 1 saturated heterocycles. The second-order valence-electron chi connectivity index (χ2n) is 18.5. The van der Waals surface area contributed by atoms with Crippen molar-refractivity contribution in [2.24, 2.45) is 11.8 Å². The average molecular weight is 984 g/mol. The number of aromatic amines is 2. The van der Waals surface area contributed by atoms with Gasteiger partial charge in [-0.25, -0.2) is 14.8 Å². The zero-order valence-corrected chi connectivity index (χ0v) is 40.3. The maximum atomic E-state index is 13.0. The lowest BCUT2D eigenvalue weighted by atomic mass is 9.88. The normalized spacial score (nSPS) is 14.7. The number of nitrogen functional groups attached to an aromatic ring is 2. The number of benzene rings is 4. The molecule has 8 N–H and O–H groups in total. The zero-order chi connectivity index (χ0) is 50.1. The van der Waals surface area contributed by atoms with E-state index in [1.807, 2.05) is 72.8 Å². The van der Waals surface area contributed by atoms with E-state index in [0.29, 0.717) is 92.9 Å². The summed E-state index contributed by atoms with van der Waals surface area (Å²) in [6.07, 6.45) is 9.53. The summed E-state index contributed by atoms with van der Waals surface area (Å²) in [6, 6.07) is 32.4. The number of fused-ring (bicyclic) bond motifs is 5. The van der Waals surface area contributed by atoms with Crippen molar-refractivity contribution in [2.75, 3.05) is 31.2 Å². The first-order valence-electron chi connectivity index (χ1n) is 24.7. The van der Waals surface area contributed by atoms with Crippen molar-refractivity contribution >= 4 is 52.1 Å². The second-order valence-corrected chi connectivity index (χ2v) is 18.5. The van der Waals surface area contributed by atoms with Gasteiger partial charge in [0, 0.05) is 43.9 Å². The number of H-pyrrole nitrogens is 2. The maximum absolute atomic E-state index is 13.0. The SMILES string of the molecule is Nc1nc(OCc2ccc(CNC(=O)C3CCCCC3)cc2)c2[nH]cnc2n1.Nc1nc(OCc2ccc(CNC(=O)C3CCN(C(=O)OCC4c5ccccc5-c5ccccc54)CC3)cc2)c2[nH]cnc2n1. The van der Waals surface area contributed by atoms with Crippen LogP contribution in [0.5, 0.6) is 11.8 Å². The highest BCUT2D eigenvalue weighted by Crippen LogP contribution is 2.44. The van der Waals surface area contributed by atoms with E-state index in [1.54, 1.807) is 4.90 Å². The van der Waals surface area contributed by atoms with Crippen LogP contribution in [0.3, 0.4) is 0 Å². The number of rotatable bonds is 14. The molecule has 0 radical (unpaired) electrons. The van der Waals surface area contributed by atoms with Crippen LogP contribution in [0.15, 0.2) is 110 Å². The lowest BCUT2D eigenvalue weighted by molar-refractivity contribution is -0.127. The Morgan fingerprint density at radius 2 is 1.03 bits per heavy atom. The van der Waals surface area contributed by atoms with Crippen LogP contribution in [-0.4, -0.2) is 82.4 Å². The molecular weight excluding hydrogens is 927 g/mol. The molecule has 19 heteroatoms. The van der Waals surface area contributed by atoms with Crippen molar-refractivity contribution < 1.29 is 28.6 Å². The Hall–Kier alpha value is -8.61. The van der Waals surface area contributed by atoms with Crippen LogP contribution in [0, 0.1) is 11.8 Å². The molecule has 0 bridgehead atoms. The fourth-order valence-electron chi connectivity index (χ4n) is 9.71. The lowest BCUT2D eigenvalue weighted by Crippen LogP contribution is -2.43. The van der Waals surface area contributed by atoms with Crippen LogP contribution in [-0.2, 0) is 40.6 Å². The number of carbonyl (C=O) groups is 3. The molecule has 4 aromatic heterocycles. The van der Waals surface area contributed by atoms with Gasteiger partial charge in [-0.3, -0.25) is 9.59 Å². The monoisotopic (exact) mass is 983 g/mol. The number of piperidine rings is 1. The number of likely N-dealkylation sites (tertiary alicyclic amines) is 1. The van der Waals surface area contributed by atoms with Crippen molar-refractivity contribution in [2.45, 2.75) is 77.2 Å². The molecule has 3 aliphatic rings. The predicted octanol–water partition coefficient (Wildman–Crippen LogP) is 7.50. The van der Waals surface area contributed by atoms with Gasteiger partial charge in [-0.2, -0.15) is 19.9 Å². The largest absolute Gasteiger partial charge is 0.471 e. The van der Waals surface area contributed by atoms with Crippen LogP contribution in [0.25, 0.3) is 33.5 Å². The fraction of sp³-hybridized carbons (Fsp3) is 0.315. The van der Waals surface area contributed by atoms with Gasteiger partial charge in [0.05, 0.1) is 12.7 Å². The van der Waals surface area contributed by atoms with E-state index >= 15 is 0 Å². The molecule has 0 atom stereocenters. The third-order valence-corrected chi connectivity index (χ3v) is 13.7. The van der Waals surface area contributed by atoms with Gasteiger partial charge in [0.25, 0.3) is 0 Å². The molecule has 8 aromatic rings. The highest BCUT2D eigenvalue weighted by atomic mass is 16.6. The Labute approximate surface area is 420 Å². The van der Waals surface area contributed by atoms with E-state index in [9.17, 15) is 14.4 Å². The van der Waals surface area contributed by atoms with Gasteiger partial charge in [0.1, 0.15) is 30.9 Å². The topological polar surface area (TPSA) is 267 Å². The molecule has 73 heavy (non-hydrogen) atoms. The summed E-state index contributed by atoms with van der Waals surface area (Å²) in [5.41, 5.74) is 22.3. The van der Waals surface area contributed by atoms with Gasteiger partial charge < -0.3 is 51.2 Å².